The lowest BCUT2D eigenvalue weighted by Gasteiger charge is -2.09. The number of rotatable bonds is 5. The zero-order valence-corrected chi connectivity index (χ0v) is 10.1. The van der Waals surface area contributed by atoms with E-state index in [0.717, 1.165) is 12.2 Å². The molecule has 0 aliphatic rings. The molecule has 1 unspecified atom stereocenters. The lowest BCUT2D eigenvalue weighted by atomic mass is 10.2. The summed E-state index contributed by atoms with van der Waals surface area (Å²) >= 11 is 1.75. The molecular formula is C12H16O2S. The van der Waals surface area contributed by atoms with Crippen LogP contribution in [0.5, 0.6) is 0 Å². The number of methoxy groups -OCH3 is 1. The van der Waals surface area contributed by atoms with E-state index in [1.165, 1.54) is 4.90 Å². The van der Waals surface area contributed by atoms with Crippen molar-refractivity contribution in [2.24, 2.45) is 0 Å². The number of thioether (sulfide) groups is 1. The molecule has 0 amide bonds. The predicted octanol–water partition coefficient (Wildman–Crippen LogP) is 3.02. The Balaban J connectivity index is 2.60. The monoisotopic (exact) mass is 224 g/mol. The van der Waals surface area contributed by atoms with Crippen LogP contribution in [-0.2, 0) is 4.74 Å². The number of ether oxygens (including phenoxy) is 1. The quantitative estimate of drug-likeness (QED) is 0.568. The molecule has 0 bridgehead atoms. The number of hydrogen-bond acceptors (Lipinski definition) is 3. The molecule has 1 aromatic carbocycles. The minimum atomic E-state index is 0.108. The Labute approximate surface area is 95.0 Å². The first-order valence-electron chi connectivity index (χ1n) is 4.90. The zero-order chi connectivity index (χ0) is 11.3. The first kappa shape index (κ1) is 12.3. The van der Waals surface area contributed by atoms with Crippen molar-refractivity contribution in [2.75, 3.05) is 13.7 Å². The van der Waals surface area contributed by atoms with Gasteiger partial charge in [0.2, 0.25) is 0 Å². The average molecular weight is 224 g/mol. The number of carbonyl (C=O) groups is 1. The first-order valence-corrected chi connectivity index (χ1v) is 5.78. The summed E-state index contributed by atoms with van der Waals surface area (Å²) in [6, 6.07) is 7.69. The molecule has 3 heteroatoms. The van der Waals surface area contributed by atoms with Crippen LogP contribution in [0, 0.1) is 0 Å². The van der Waals surface area contributed by atoms with Gasteiger partial charge in [-0.2, -0.15) is 0 Å². The molecule has 1 rings (SSSR count). The second-order valence-electron chi connectivity index (χ2n) is 3.46. The van der Waals surface area contributed by atoms with Gasteiger partial charge in [0.25, 0.3) is 0 Å². The highest BCUT2D eigenvalue weighted by atomic mass is 32.2. The van der Waals surface area contributed by atoms with Gasteiger partial charge in [0.1, 0.15) is 0 Å². The summed E-state index contributed by atoms with van der Waals surface area (Å²) in [6.45, 7) is 4.43. The van der Waals surface area contributed by atoms with E-state index in [9.17, 15) is 4.79 Å². The topological polar surface area (TPSA) is 26.3 Å². The van der Waals surface area contributed by atoms with Crippen molar-refractivity contribution in [3.63, 3.8) is 0 Å². The summed E-state index contributed by atoms with van der Waals surface area (Å²) in [6.07, 6.45) is 0. The molecule has 0 aromatic heterocycles. The Kier molecular flexibility index (Phi) is 4.85. The normalized spacial score (nSPS) is 12.5. The molecule has 0 spiro atoms. The van der Waals surface area contributed by atoms with Crippen LogP contribution in [-0.4, -0.2) is 24.7 Å². The van der Waals surface area contributed by atoms with Crippen LogP contribution in [0.1, 0.15) is 24.2 Å². The predicted molar refractivity (Wildman–Crippen MR) is 63.6 cm³/mol. The number of ketones is 1. The molecule has 15 heavy (non-hydrogen) atoms. The standard InChI is InChI=1S/C12H16O2S/c1-9(8-14-3)15-12-6-4-11(5-7-12)10(2)13/h4-7,9H,8H2,1-3H3. The summed E-state index contributed by atoms with van der Waals surface area (Å²) in [7, 11) is 1.70. The minimum Gasteiger partial charge on any atom is -0.384 e. The van der Waals surface area contributed by atoms with E-state index in [0.29, 0.717) is 5.25 Å². The molecule has 82 valence electrons. The third kappa shape index (κ3) is 4.06. The maximum Gasteiger partial charge on any atom is 0.159 e. The van der Waals surface area contributed by atoms with Crippen LogP contribution in [0.3, 0.4) is 0 Å². The number of carbonyl (C=O) groups excluding carboxylic acids is 1. The Hall–Kier alpha value is -0.800. The van der Waals surface area contributed by atoms with Crippen LogP contribution in [0.25, 0.3) is 0 Å². The molecule has 0 aliphatic heterocycles. The van der Waals surface area contributed by atoms with E-state index in [-0.39, 0.29) is 5.78 Å². The third-order valence-electron chi connectivity index (χ3n) is 2.00. The third-order valence-corrected chi connectivity index (χ3v) is 3.08. The van der Waals surface area contributed by atoms with E-state index >= 15 is 0 Å². The average Bonchev–Trinajstić information content (AvgIpc) is 2.18. The molecule has 0 saturated carbocycles. The van der Waals surface area contributed by atoms with Crippen molar-refractivity contribution in [3.05, 3.63) is 29.8 Å². The van der Waals surface area contributed by atoms with Gasteiger partial charge in [-0.3, -0.25) is 4.79 Å². The SMILES string of the molecule is COCC(C)Sc1ccc(C(C)=O)cc1. The molecule has 0 aliphatic carbocycles. The van der Waals surface area contributed by atoms with Crippen LogP contribution >= 0.6 is 11.8 Å². The highest BCUT2D eigenvalue weighted by Gasteiger charge is 2.04. The molecule has 0 radical (unpaired) electrons. The Morgan fingerprint density at radius 3 is 2.47 bits per heavy atom. The number of benzene rings is 1. The van der Waals surface area contributed by atoms with E-state index in [1.54, 1.807) is 25.8 Å². The molecule has 1 aromatic rings. The summed E-state index contributed by atoms with van der Waals surface area (Å²) in [5.74, 6) is 0.108. The van der Waals surface area contributed by atoms with Crippen LogP contribution in [0.4, 0.5) is 0 Å². The van der Waals surface area contributed by atoms with Gasteiger partial charge in [0.05, 0.1) is 6.61 Å². The summed E-state index contributed by atoms with van der Waals surface area (Å²) in [5, 5.41) is 0.429. The lowest BCUT2D eigenvalue weighted by molar-refractivity contribution is 0.101. The fourth-order valence-corrected chi connectivity index (χ4v) is 2.23. The molecule has 0 N–H and O–H groups in total. The lowest BCUT2D eigenvalue weighted by Crippen LogP contribution is -2.04. The molecule has 0 heterocycles. The maximum absolute atomic E-state index is 11.1. The largest absolute Gasteiger partial charge is 0.384 e. The van der Waals surface area contributed by atoms with Crippen molar-refractivity contribution in [1.82, 2.24) is 0 Å². The molecule has 0 saturated heterocycles. The molecule has 1 atom stereocenters. The van der Waals surface area contributed by atoms with Gasteiger partial charge >= 0.3 is 0 Å². The second kappa shape index (κ2) is 5.93. The van der Waals surface area contributed by atoms with Crippen molar-refractivity contribution >= 4 is 17.5 Å². The zero-order valence-electron chi connectivity index (χ0n) is 9.32. The molecule has 0 fully saturated rings. The Bertz CT molecular complexity index is 319. The van der Waals surface area contributed by atoms with Gasteiger partial charge < -0.3 is 4.74 Å². The van der Waals surface area contributed by atoms with E-state index in [2.05, 4.69) is 6.92 Å². The summed E-state index contributed by atoms with van der Waals surface area (Å²) < 4.78 is 5.06. The van der Waals surface area contributed by atoms with Crippen LogP contribution in [0.15, 0.2) is 29.2 Å². The number of Topliss-reactive ketones (excluding diaryl/α,β-unsaturated/α-hetero) is 1. The Morgan fingerprint density at radius 2 is 2.00 bits per heavy atom. The molecule has 2 nitrogen and oxygen atoms in total. The number of hydrogen-bond donors (Lipinski definition) is 0. The Morgan fingerprint density at radius 1 is 1.40 bits per heavy atom. The highest BCUT2D eigenvalue weighted by molar-refractivity contribution is 8.00. The molecular weight excluding hydrogens is 208 g/mol. The van der Waals surface area contributed by atoms with Gasteiger partial charge in [0.15, 0.2) is 5.78 Å². The van der Waals surface area contributed by atoms with E-state index < -0.39 is 0 Å². The van der Waals surface area contributed by atoms with Gasteiger partial charge in [-0.1, -0.05) is 19.1 Å². The smallest absolute Gasteiger partial charge is 0.159 e. The van der Waals surface area contributed by atoms with Crippen molar-refractivity contribution < 1.29 is 9.53 Å². The van der Waals surface area contributed by atoms with Gasteiger partial charge in [0, 0.05) is 22.8 Å². The summed E-state index contributed by atoms with van der Waals surface area (Å²) in [5.41, 5.74) is 0.763. The fourth-order valence-electron chi connectivity index (χ4n) is 1.27. The van der Waals surface area contributed by atoms with Gasteiger partial charge in [-0.25, -0.2) is 0 Å². The van der Waals surface area contributed by atoms with Crippen molar-refractivity contribution in [2.45, 2.75) is 24.0 Å². The maximum atomic E-state index is 11.1. The first-order chi connectivity index (χ1) is 7.13. The van der Waals surface area contributed by atoms with Gasteiger partial charge in [-0.15, -0.1) is 11.8 Å². The second-order valence-corrected chi connectivity index (χ2v) is 4.98. The van der Waals surface area contributed by atoms with Crippen LogP contribution < -0.4 is 0 Å². The summed E-state index contributed by atoms with van der Waals surface area (Å²) in [4.78, 5) is 12.2. The highest BCUT2D eigenvalue weighted by Crippen LogP contribution is 2.23. The van der Waals surface area contributed by atoms with Gasteiger partial charge in [-0.05, 0) is 19.1 Å². The van der Waals surface area contributed by atoms with Crippen molar-refractivity contribution in [1.29, 1.82) is 0 Å². The minimum absolute atomic E-state index is 0.108. The van der Waals surface area contributed by atoms with Crippen LogP contribution in [0.2, 0.25) is 0 Å². The van der Waals surface area contributed by atoms with E-state index in [4.69, 9.17) is 4.74 Å². The van der Waals surface area contributed by atoms with Crippen molar-refractivity contribution in [3.8, 4) is 0 Å². The fraction of sp³-hybridized carbons (Fsp3) is 0.417. The van der Waals surface area contributed by atoms with E-state index in [1.807, 2.05) is 24.3 Å².